The highest BCUT2D eigenvalue weighted by atomic mass is 32.1. The molecule has 0 aliphatic rings. The molecule has 0 saturated carbocycles. The fourth-order valence-corrected chi connectivity index (χ4v) is 3.89. The van der Waals surface area contributed by atoms with E-state index in [-0.39, 0.29) is 5.91 Å². The molecule has 0 saturated heterocycles. The summed E-state index contributed by atoms with van der Waals surface area (Å²) in [6.45, 7) is 2.08. The highest BCUT2D eigenvalue weighted by Gasteiger charge is 2.10. The van der Waals surface area contributed by atoms with E-state index in [1.807, 2.05) is 35.8 Å². The third kappa shape index (κ3) is 3.92. The number of hydrogen-bond donors (Lipinski definition) is 2. The quantitative estimate of drug-likeness (QED) is 0.476. The Hall–Kier alpha value is -3.12. The first-order valence-corrected chi connectivity index (χ1v) is 9.97. The van der Waals surface area contributed by atoms with Gasteiger partial charge in [-0.25, -0.2) is 4.98 Å². The van der Waals surface area contributed by atoms with E-state index >= 15 is 0 Å². The third-order valence-electron chi connectivity index (χ3n) is 4.68. The number of H-pyrrole nitrogens is 1. The molecule has 2 heterocycles. The molecular formula is C22H21N3O2S. The van der Waals surface area contributed by atoms with Gasteiger partial charge in [0.25, 0.3) is 0 Å². The van der Waals surface area contributed by atoms with Crippen molar-refractivity contribution >= 4 is 33.3 Å². The van der Waals surface area contributed by atoms with Gasteiger partial charge in [-0.15, -0.1) is 11.3 Å². The van der Waals surface area contributed by atoms with Crippen LogP contribution < -0.4 is 10.1 Å². The Morgan fingerprint density at radius 2 is 2.04 bits per heavy atom. The molecule has 0 aliphatic carbocycles. The SMILES string of the molecule is COc1ccc(-c2csc(NC(=O)CCc3c[nH]c4ccc(C)cc34)n2)cc1. The summed E-state index contributed by atoms with van der Waals surface area (Å²) in [5.74, 6) is 0.776. The van der Waals surface area contributed by atoms with Gasteiger partial charge >= 0.3 is 0 Å². The number of nitrogens with zero attached hydrogens (tertiary/aromatic N) is 1. The summed E-state index contributed by atoms with van der Waals surface area (Å²) in [6, 6.07) is 14.0. The number of nitrogens with one attached hydrogen (secondary N) is 2. The first kappa shape index (κ1) is 18.3. The van der Waals surface area contributed by atoms with E-state index in [1.165, 1.54) is 22.3 Å². The monoisotopic (exact) mass is 391 g/mol. The number of thiazole rings is 1. The number of carbonyl (C=O) groups is 1. The number of ether oxygens (including phenoxy) is 1. The molecule has 142 valence electrons. The van der Waals surface area contributed by atoms with Crippen molar-refractivity contribution in [3.63, 3.8) is 0 Å². The predicted molar refractivity (Wildman–Crippen MR) is 114 cm³/mol. The molecule has 0 aliphatic heterocycles. The number of anilines is 1. The van der Waals surface area contributed by atoms with Crippen molar-refractivity contribution < 1.29 is 9.53 Å². The molecule has 2 aromatic carbocycles. The number of hydrogen-bond acceptors (Lipinski definition) is 4. The van der Waals surface area contributed by atoms with Gasteiger partial charge in [0, 0.05) is 34.5 Å². The van der Waals surface area contributed by atoms with Crippen molar-refractivity contribution in [3.8, 4) is 17.0 Å². The molecule has 0 fully saturated rings. The van der Waals surface area contributed by atoms with E-state index in [0.717, 1.165) is 28.1 Å². The second-order valence-electron chi connectivity index (χ2n) is 6.68. The first-order valence-electron chi connectivity index (χ1n) is 9.09. The van der Waals surface area contributed by atoms with Crippen LogP contribution >= 0.6 is 11.3 Å². The lowest BCUT2D eigenvalue weighted by molar-refractivity contribution is -0.116. The van der Waals surface area contributed by atoms with Crippen LogP contribution in [0.4, 0.5) is 5.13 Å². The Morgan fingerprint density at radius 3 is 2.82 bits per heavy atom. The zero-order valence-corrected chi connectivity index (χ0v) is 16.6. The van der Waals surface area contributed by atoms with Crippen molar-refractivity contribution in [2.24, 2.45) is 0 Å². The zero-order chi connectivity index (χ0) is 19.5. The molecular weight excluding hydrogens is 370 g/mol. The molecule has 0 radical (unpaired) electrons. The predicted octanol–water partition coefficient (Wildman–Crippen LogP) is 5.18. The molecule has 0 unspecified atom stereocenters. The van der Waals surface area contributed by atoms with Gasteiger partial charge in [0.2, 0.25) is 5.91 Å². The second-order valence-corrected chi connectivity index (χ2v) is 7.54. The van der Waals surface area contributed by atoms with Gasteiger partial charge in [-0.2, -0.15) is 0 Å². The fraction of sp³-hybridized carbons (Fsp3) is 0.182. The number of aromatic amines is 1. The molecule has 0 bridgehead atoms. The molecule has 2 aromatic heterocycles. The summed E-state index contributed by atoms with van der Waals surface area (Å²) in [5, 5.41) is 6.65. The number of fused-ring (bicyclic) bond motifs is 1. The molecule has 1 amide bonds. The largest absolute Gasteiger partial charge is 0.497 e. The van der Waals surface area contributed by atoms with Crippen LogP contribution in [0.3, 0.4) is 0 Å². The minimum atomic E-state index is -0.0300. The molecule has 4 rings (SSSR count). The van der Waals surface area contributed by atoms with Crippen molar-refractivity contribution in [2.75, 3.05) is 12.4 Å². The molecule has 28 heavy (non-hydrogen) atoms. The normalized spacial score (nSPS) is 10.9. The van der Waals surface area contributed by atoms with E-state index < -0.39 is 0 Å². The topological polar surface area (TPSA) is 67.0 Å². The number of rotatable bonds is 6. The Labute approximate surface area is 167 Å². The third-order valence-corrected chi connectivity index (χ3v) is 5.44. The summed E-state index contributed by atoms with van der Waals surface area (Å²) < 4.78 is 5.18. The van der Waals surface area contributed by atoms with E-state index in [9.17, 15) is 4.79 Å². The summed E-state index contributed by atoms with van der Waals surface area (Å²) >= 11 is 1.43. The van der Waals surface area contributed by atoms with Gasteiger partial charge in [0.15, 0.2) is 5.13 Å². The molecule has 4 aromatic rings. The van der Waals surface area contributed by atoms with Crippen LogP contribution in [-0.2, 0) is 11.2 Å². The van der Waals surface area contributed by atoms with E-state index in [2.05, 4.69) is 40.4 Å². The average Bonchev–Trinajstić information content (AvgIpc) is 3.33. The average molecular weight is 391 g/mol. The lowest BCUT2D eigenvalue weighted by Gasteiger charge is -2.02. The highest BCUT2D eigenvalue weighted by Crippen LogP contribution is 2.27. The Kier molecular flexibility index (Phi) is 5.12. The summed E-state index contributed by atoms with van der Waals surface area (Å²) in [7, 11) is 1.64. The van der Waals surface area contributed by atoms with Crippen LogP contribution in [0.5, 0.6) is 5.75 Å². The number of carbonyl (C=O) groups excluding carboxylic acids is 1. The van der Waals surface area contributed by atoms with Crippen molar-refractivity contribution in [2.45, 2.75) is 19.8 Å². The van der Waals surface area contributed by atoms with Crippen LogP contribution in [0.15, 0.2) is 54.0 Å². The van der Waals surface area contributed by atoms with Crippen LogP contribution in [0.25, 0.3) is 22.2 Å². The van der Waals surface area contributed by atoms with Crippen molar-refractivity contribution in [3.05, 3.63) is 65.2 Å². The second kappa shape index (κ2) is 7.86. The van der Waals surface area contributed by atoms with E-state index in [4.69, 9.17) is 4.74 Å². The maximum atomic E-state index is 12.4. The first-order chi connectivity index (χ1) is 13.6. The van der Waals surface area contributed by atoms with E-state index in [0.29, 0.717) is 18.0 Å². The maximum absolute atomic E-state index is 12.4. The summed E-state index contributed by atoms with van der Waals surface area (Å²) in [5.41, 5.74) is 5.31. The van der Waals surface area contributed by atoms with Gasteiger partial charge in [-0.1, -0.05) is 11.6 Å². The number of amides is 1. The highest BCUT2D eigenvalue weighted by molar-refractivity contribution is 7.14. The number of methoxy groups -OCH3 is 1. The lowest BCUT2D eigenvalue weighted by atomic mass is 10.1. The Morgan fingerprint density at radius 1 is 1.21 bits per heavy atom. The Bertz CT molecular complexity index is 1110. The zero-order valence-electron chi connectivity index (χ0n) is 15.8. The van der Waals surface area contributed by atoms with Crippen LogP contribution in [0.1, 0.15) is 17.5 Å². The van der Waals surface area contributed by atoms with Gasteiger partial charge in [-0.3, -0.25) is 4.79 Å². The van der Waals surface area contributed by atoms with E-state index in [1.54, 1.807) is 7.11 Å². The molecule has 6 heteroatoms. The minimum Gasteiger partial charge on any atom is -0.497 e. The van der Waals surface area contributed by atoms with Crippen molar-refractivity contribution in [1.29, 1.82) is 0 Å². The van der Waals surface area contributed by atoms with Gasteiger partial charge in [0.05, 0.1) is 12.8 Å². The van der Waals surface area contributed by atoms with Gasteiger partial charge in [0.1, 0.15) is 5.75 Å². The van der Waals surface area contributed by atoms with Crippen molar-refractivity contribution in [1.82, 2.24) is 9.97 Å². The number of benzene rings is 2. The lowest BCUT2D eigenvalue weighted by Crippen LogP contribution is -2.12. The number of aryl methyl sites for hydroxylation is 2. The van der Waals surface area contributed by atoms with Gasteiger partial charge in [-0.05, 0) is 55.3 Å². The minimum absolute atomic E-state index is 0.0300. The standard InChI is InChI=1S/C22H21N3O2S/c1-14-3-9-19-18(11-14)16(12-23-19)6-10-21(26)25-22-24-20(13-28-22)15-4-7-17(27-2)8-5-15/h3-5,7-9,11-13,23H,6,10H2,1-2H3,(H,24,25,26). The maximum Gasteiger partial charge on any atom is 0.226 e. The Balaban J connectivity index is 1.38. The summed E-state index contributed by atoms with van der Waals surface area (Å²) in [6.07, 6.45) is 3.09. The molecule has 2 N–H and O–H groups in total. The number of aromatic nitrogens is 2. The fourth-order valence-electron chi connectivity index (χ4n) is 3.15. The molecule has 5 nitrogen and oxygen atoms in total. The smallest absolute Gasteiger partial charge is 0.226 e. The van der Waals surface area contributed by atoms with Crippen LogP contribution in [0.2, 0.25) is 0 Å². The van der Waals surface area contributed by atoms with Crippen LogP contribution in [0, 0.1) is 6.92 Å². The van der Waals surface area contributed by atoms with Gasteiger partial charge < -0.3 is 15.0 Å². The summed E-state index contributed by atoms with van der Waals surface area (Å²) in [4.78, 5) is 20.2. The van der Waals surface area contributed by atoms with Crippen LogP contribution in [-0.4, -0.2) is 23.0 Å². The molecule has 0 spiro atoms. The molecule has 0 atom stereocenters.